The van der Waals surface area contributed by atoms with Crippen LogP contribution in [0.5, 0.6) is 0 Å². The first-order valence-electron chi connectivity index (χ1n) is 7.99. The third kappa shape index (κ3) is 4.23. The molecular formula is C17H24N4O2S. The SMILES string of the molecule is CCCCc1ccc(S(=O)(=O)NN=C(C)c2cnn(C)c2C)cc1. The normalized spacial score (nSPS) is 12.4. The van der Waals surface area contributed by atoms with E-state index in [1.807, 2.05) is 26.1 Å². The van der Waals surface area contributed by atoms with Crippen LogP contribution in [0.4, 0.5) is 0 Å². The Kier molecular flexibility index (Phi) is 5.77. The van der Waals surface area contributed by atoms with Crippen LogP contribution in [0.2, 0.25) is 0 Å². The van der Waals surface area contributed by atoms with Gasteiger partial charge in [-0.05, 0) is 44.4 Å². The summed E-state index contributed by atoms with van der Waals surface area (Å²) in [6.07, 6.45) is 4.84. The lowest BCUT2D eigenvalue weighted by Gasteiger charge is -2.06. The van der Waals surface area contributed by atoms with Crippen LogP contribution in [0, 0.1) is 6.92 Å². The number of nitrogens with zero attached hydrogens (tertiary/aromatic N) is 3. The molecule has 0 spiro atoms. The number of hydrogen-bond donors (Lipinski definition) is 1. The minimum absolute atomic E-state index is 0.210. The number of benzene rings is 1. The molecule has 130 valence electrons. The van der Waals surface area contributed by atoms with Crippen molar-refractivity contribution in [3.63, 3.8) is 0 Å². The lowest BCUT2D eigenvalue weighted by atomic mass is 10.1. The fraction of sp³-hybridized carbons (Fsp3) is 0.412. The molecule has 7 heteroatoms. The summed E-state index contributed by atoms with van der Waals surface area (Å²) < 4.78 is 26.4. The summed E-state index contributed by atoms with van der Waals surface area (Å²) in [5, 5.41) is 8.15. The minimum Gasteiger partial charge on any atom is -0.272 e. The number of rotatable bonds is 7. The van der Waals surface area contributed by atoms with Gasteiger partial charge in [0.15, 0.2) is 0 Å². The van der Waals surface area contributed by atoms with E-state index in [1.165, 1.54) is 0 Å². The van der Waals surface area contributed by atoms with Crippen molar-refractivity contribution in [1.82, 2.24) is 14.6 Å². The molecule has 2 rings (SSSR count). The first kappa shape index (κ1) is 18.2. The standard InChI is InChI=1S/C17H24N4O2S/c1-5-6-7-15-8-10-16(11-9-15)24(22,23)20-19-13(2)17-12-18-21(4)14(17)3/h8-12,20H,5-7H2,1-4H3. The van der Waals surface area contributed by atoms with Gasteiger partial charge in [0.25, 0.3) is 10.0 Å². The van der Waals surface area contributed by atoms with E-state index in [9.17, 15) is 8.42 Å². The van der Waals surface area contributed by atoms with E-state index >= 15 is 0 Å². The molecule has 1 heterocycles. The van der Waals surface area contributed by atoms with E-state index in [-0.39, 0.29) is 4.90 Å². The smallest absolute Gasteiger partial charge is 0.272 e. The van der Waals surface area contributed by atoms with E-state index in [1.54, 1.807) is 29.9 Å². The average molecular weight is 348 g/mol. The molecule has 0 radical (unpaired) electrons. The maximum Gasteiger partial charge on any atom is 0.276 e. The Labute approximate surface area is 143 Å². The highest BCUT2D eigenvalue weighted by Gasteiger charge is 2.14. The number of hydrazone groups is 1. The van der Waals surface area contributed by atoms with Crippen molar-refractivity contribution < 1.29 is 8.42 Å². The summed E-state index contributed by atoms with van der Waals surface area (Å²) in [4.78, 5) is 2.51. The van der Waals surface area contributed by atoms with E-state index in [2.05, 4.69) is 22.0 Å². The highest BCUT2D eigenvalue weighted by atomic mass is 32.2. The second-order valence-corrected chi connectivity index (χ2v) is 7.47. The van der Waals surface area contributed by atoms with Crippen LogP contribution in [0.25, 0.3) is 0 Å². The molecule has 0 aliphatic heterocycles. The quantitative estimate of drug-likeness (QED) is 0.617. The Morgan fingerprint density at radius 3 is 2.50 bits per heavy atom. The van der Waals surface area contributed by atoms with Crippen LogP contribution >= 0.6 is 0 Å². The molecule has 0 saturated heterocycles. The molecule has 0 amide bonds. The average Bonchev–Trinajstić information content (AvgIpc) is 2.90. The second kappa shape index (κ2) is 7.61. The molecule has 1 N–H and O–H groups in total. The number of hydrogen-bond acceptors (Lipinski definition) is 4. The molecule has 0 unspecified atom stereocenters. The topological polar surface area (TPSA) is 76.3 Å². The van der Waals surface area contributed by atoms with Crippen molar-refractivity contribution in [1.29, 1.82) is 0 Å². The van der Waals surface area contributed by atoms with E-state index < -0.39 is 10.0 Å². The Bertz CT molecular complexity index is 821. The van der Waals surface area contributed by atoms with Gasteiger partial charge in [-0.25, -0.2) is 0 Å². The summed E-state index contributed by atoms with van der Waals surface area (Å²) in [6.45, 7) is 5.79. The number of unbranched alkanes of at least 4 members (excludes halogenated alkanes) is 1. The van der Waals surface area contributed by atoms with Gasteiger partial charge in [-0.2, -0.15) is 23.4 Å². The molecule has 0 saturated carbocycles. The summed E-state index contributed by atoms with van der Waals surface area (Å²) in [5.74, 6) is 0. The summed E-state index contributed by atoms with van der Waals surface area (Å²) >= 11 is 0. The largest absolute Gasteiger partial charge is 0.276 e. The second-order valence-electron chi connectivity index (χ2n) is 5.81. The highest BCUT2D eigenvalue weighted by Crippen LogP contribution is 2.13. The number of nitrogens with one attached hydrogen (secondary N) is 1. The van der Waals surface area contributed by atoms with Crippen molar-refractivity contribution in [2.45, 2.75) is 44.9 Å². The molecule has 6 nitrogen and oxygen atoms in total. The molecule has 2 aromatic rings. The summed E-state index contributed by atoms with van der Waals surface area (Å²) in [7, 11) is -1.84. The molecule has 1 aromatic carbocycles. The van der Waals surface area contributed by atoms with Crippen LogP contribution in [0.1, 0.15) is 43.5 Å². The molecule has 0 atom stereocenters. The van der Waals surface area contributed by atoms with Gasteiger partial charge in [-0.3, -0.25) is 4.68 Å². The zero-order valence-electron chi connectivity index (χ0n) is 14.6. The highest BCUT2D eigenvalue weighted by molar-refractivity contribution is 7.89. The molecule has 24 heavy (non-hydrogen) atoms. The van der Waals surface area contributed by atoms with Crippen LogP contribution in [-0.2, 0) is 23.5 Å². The summed E-state index contributed by atoms with van der Waals surface area (Å²) in [5.41, 5.74) is 3.45. The van der Waals surface area contributed by atoms with Gasteiger partial charge >= 0.3 is 0 Å². The Morgan fingerprint density at radius 1 is 1.29 bits per heavy atom. The summed E-state index contributed by atoms with van der Waals surface area (Å²) in [6, 6.07) is 6.94. The Hall–Kier alpha value is -2.15. The van der Waals surface area contributed by atoms with Crippen molar-refractivity contribution in [3.05, 3.63) is 47.3 Å². The molecule has 0 bridgehead atoms. The number of aryl methyl sites for hydroxylation is 2. The maximum absolute atomic E-state index is 12.3. The van der Waals surface area contributed by atoms with Crippen LogP contribution < -0.4 is 4.83 Å². The predicted molar refractivity (Wildman–Crippen MR) is 95.5 cm³/mol. The van der Waals surface area contributed by atoms with Crippen LogP contribution in [-0.4, -0.2) is 23.9 Å². The van der Waals surface area contributed by atoms with Gasteiger partial charge in [0.05, 0.1) is 16.8 Å². The minimum atomic E-state index is -3.67. The van der Waals surface area contributed by atoms with Gasteiger partial charge in [0, 0.05) is 18.3 Å². The number of sulfonamides is 1. The third-order valence-electron chi connectivity index (χ3n) is 4.01. The zero-order chi connectivity index (χ0) is 17.7. The molecular weight excluding hydrogens is 324 g/mol. The van der Waals surface area contributed by atoms with Crippen LogP contribution in [0.15, 0.2) is 40.5 Å². The molecule has 1 aromatic heterocycles. The van der Waals surface area contributed by atoms with E-state index in [0.717, 1.165) is 36.1 Å². The van der Waals surface area contributed by atoms with Gasteiger partial charge in [0.1, 0.15) is 0 Å². The monoisotopic (exact) mass is 348 g/mol. The van der Waals surface area contributed by atoms with Gasteiger partial charge in [-0.1, -0.05) is 25.5 Å². The first-order valence-corrected chi connectivity index (χ1v) is 9.47. The van der Waals surface area contributed by atoms with Crippen LogP contribution in [0.3, 0.4) is 0 Å². The van der Waals surface area contributed by atoms with Crippen molar-refractivity contribution in [2.24, 2.45) is 12.1 Å². The lowest BCUT2D eigenvalue weighted by molar-refractivity contribution is 0.584. The molecule has 0 aliphatic carbocycles. The van der Waals surface area contributed by atoms with Gasteiger partial charge < -0.3 is 0 Å². The molecule has 0 aliphatic rings. The van der Waals surface area contributed by atoms with Crippen molar-refractivity contribution in [3.8, 4) is 0 Å². The van der Waals surface area contributed by atoms with Crippen molar-refractivity contribution in [2.75, 3.05) is 0 Å². The zero-order valence-corrected chi connectivity index (χ0v) is 15.4. The Morgan fingerprint density at radius 2 is 1.96 bits per heavy atom. The lowest BCUT2D eigenvalue weighted by Crippen LogP contribution is -2.20. The van der Waals surface area contributed by atoms with Gasteiger partial charge in [-0.15, -0.1) is 0 Å². The molecule has 0 fully saturated rings. The third-order valence-corrected chi connectivity index (χ3v) is 5.24. The van der Waals surface area contributed by atoms with E-state index in [0.29, 0.717) is 5.71 Å². The fourth-order valence-corrected chi connectivity index (χ4v) is 3.17. The maximum atomic E-state index is 12.3. The predicted octanol–water partition coefficient (Wildman–Crippen LogP) is 2.77. The van der Waals surface area contributed by atoms with E-state index in [4.69, 9.17) is 0 Å². The first-order chi connectivity index (χ1) is 11.3. The fourth-order valence-electron chi connectivity index (χ4n) is 2.31. The van der Waals surface area contributed by atoms with Crippen molar-refractivity contribution >= 4 is 15.7 Å². The number of aromatic nitrogens is 2. The Balaban J connectivity index is 2.13. The van der Waals surface area contributed by atoms with Gasteiger partial charge in [0.2, 0.25) is 0 Å².